The van der Waals surface area contributed by atoms with Crippen LogP contribution in [0.15, 0.2) is 41.3 Å². The van der Waals surface area contributed by atoms with Crippen LogP contribution >= 0.6 is 46.6 Å². The van der Waals surface area contributed by atoms with Crippen LogP contribution in [0.1, 0.15) is 11.1 Å². The van der Waals surface area contributed by atoms with Crippen molar-refractivity contribution in [1.82, 2.24) is 4.90 Å². The third kappa shape index (κ3) is 3.70. The highest BCUT2D eigenvalue weighted by Gasteiger charge is 2.36. The van der Waals surface area contributed by atoms with E-state index in [2.05, 4.69) is 0 Å². The lowest BCUT2D eigenvalue weighted by Crippen LogP contribution is -2.28. The highest BCUT2D eigenvalue weighted by atomic mass is 35.5. The quantitative estimate of drug-likeness (QED) is 0.574. The first-order valence-corrected chi connectivity index (χ1v) is 8.96. The minimum atomic E-state index is -0.576. The van der Waals surface area contributed by atoms with Gasteiger partial charge in [-0.3, -0.25) is 14.5 Å². The summed E-state index contributed by atoms with van der Waals surface area (Å²) >= 11 is 18.8. The van der Waals surface area contributed by atoms with Gasteiger partial charge in [-0.25, -0.2) is 4.39 Å². The Labute approximate surface area is 162 Å². The average molecular weight is 417 g/mol. The summed E-state index contributed by atoms with van der Waals surface area (Å²) in [5, 5.41) is 0.274. The summed E-state index contributed by atoms with van der Waals surface area (Å²) in [5.74, 6) is -1.11. The van der Waals surface area contributed by atoms with E-state index in [1.807, 2.05) is 0 Å². The first-order chi connectivity index (χ1) is 11.9. The molecule has 0 atom stereocenters. The van der Waals surface area contributed by atoms with E-state index in [9.17, 15) is 14.0 Å². The zero-order valence-corrected chi connectivity index (χ0v) is 15.5. The topological polar surface area (TPSA) is 37.4 Å². The van der Waals surface area contributed by atoms with Crippen LogP contribution < -0.4 is 0 Å². The smallest absolute Gasteiger partial charge is 0.268 e. The van der Waals surface area contributed by atoms with Gasteiger partial charge in [-0.1, -0.05) is 53.0 Å². The van der Waals surface area contributed by atoms with Gasteiger partial charge in [0.15, 0.2) is 0 Å². The largest absolute Gasteiger partial charge is 0.293 e. The molecule has 1 fully saturated rings. The highest BCUT2D eigenvalue weighted by molar-refractivity contribution is 8.18. The van der Waals surface area contributed by atoms with Gasteiger partial charge in [0.2, 0.25) is 0 Å². The maximum Gasteiger partial charge on any atom is 0.293 e. The van der Waals surface area contributed by atoms with E-state index in [4.69, 9.17) is 34.8 Å². The maximum atomic E-state index is 13.9. The molecule has 0 spiro atoms. The summed E-state index contributed by atoms with van der Waals surface area (Å²) in [6.45, 7) is -0.239. The van der Waals surface area contributed by atoms with E-state index in [-0.39, 0.29) is 27.1 Å². The fourth-order valence-electron chi connectivity index (χ4n) is 2.25. The molecule has 1 heterocycles. The fourth-order valence-corrected chi connectivity index (χ4v) is 3.67. The van der Waals surface area contributed by atoms with Gasteiger partial charge in [-0.15, -0.1) is 0 Å². The van der Waals surface area contributed by atoms with Crippen molar-refractivity contribution in [2.45, 2.75) is 6.54 Å². The Balaban J connectivity index is 1.90. The molecular formula is C17H9Cl3FNO2S. The minimum Gasteiger partial charge on any atom is -0.268 e. The predicted molar refractivity (Wildman–Crippen MR) is 99.4 cm³/mol. The number of amides is 2. The van der Waals surface area contributed by atoms with Crippen LogP contribution in [-0.2, 0) is 11.3 Å². The molecule has 8 heteroatoms. The van der Waals surface area contributed by atoms with E-state index in [0.717, 1.165) is 16.7 Å². The van der Waals surface area contributed by atoms with Crippen molar-refractivity contribution in [3.05, 3.63) is 73.3 Å². The maximum absolute atomic E-state index is 13.9. The van der Waals surface area contributed by atoms with E-state index >= 15 is 0 Å². The first kappa shape index (κ1) is 18.3. The van der Waals surface area contributed by atoms with E-state index in [1.165, 1.54) is 24.3 Å². The molecule has 0 bridgehead atoms. The van der Waals surface area contributed by atoms with Crippen LogP contribution in [-0.4, -0.2) is 16.0 Å². The third-order valence-electron chi connectivity index (χ3n) is 3.52. The molecule has 0 unspecified atom stereocenters. The Bertz CT molecular complexity index is 897. The molecule has 128 valence electrons. The summed E-state index contributed by atoms with van der Waals surface area (Å²) in [6, 6.07) is 9.16. The zero-order chi connectivity index (χ0) is 18.1. The van der Waals surface area contributed by atoms with Crippen molar-refractivity contribution in [1.29, 1.82) is 0 Å². The Hall–Kier alpha value is -1.53. The van der Waals surface area contributed by atoms with Crippen molar-refractivity contribution in [2.75, 3.05) is 0 Å². The number of nitrogens with zero attached hydrogens (tertiary/aromatic N) is 1. The molecule has 1 saturated heterocycles. The van der Waals surface area contributed by atoms with Gasteiger partial charge in [-0.05, 0) is 41.6 Å². The predicted octanol–water partition coefficient (Wildman–Crippen LogP) is 6.02. The average Bonchev–Trinajstić information content (AvgIpc) is 2.82. The second kappa shape index (κ2) is 7.38. The van der Waals surface area contributed by atoms with Gasteiger partial charge in [0.05, 0.1) is 21.5 Å². The van der Waals surface area contributed by atoms with Crippen molar-refractivity contribution in [3.63, 3.8) is 0 Å². The first-order valence-electron chi connectivity index (χ1n) is 7.00. The molecule has 25 heavy (non-hydrogen) atoms. The Morgan fingerprint density at radius 2 is 1.72 bits per heavy atom. The second-order valence-electron chi connectivity index (χ2n) is 5.11. The van der Waals surface area contributed by atoms with Crippen molar-refractivity contribution in [3.8, 4) is 0 Å². The lowest BCUT2D eigenvalue weighted by molar-refractivity contribution is -0.123. The lowest BCUT2D eigenvalue weighted by Gasteiger charge is -2.14. The molecule has 0 radical (unpaired) electrons. The van der Waals surface area contributed by atoms with Gasteiger partial charge in [0.1, 0.15) is 5.82 Å². The fraction of sp³-hybridized carbons (Fsp3) is 0.0588. The van der Waals surface area contributed by atoms with Gasteiger partial charge in [0, 0.05) is 10.6 Å². The number of halogens is 4. The molecule has 3 nitrogen and oxygen atoms in total. The summed E-state index contributed by atoms with van der Waals surface area (Å²) in [4.78, 5) is 25.8. The molecule has 0 aliphatic carbocycles. The van der Waals surface area contributed by atoms with Crippen LogP contribution in [0.5, 0.6) is 0 Å². The minimum absolute atomic E-state index is 0.0912. The zero-order valence-electron chi connectivity index (χ0n) is 12.4. The Morgan fingerprint density at radius 3 is 2.44 bits per heavy atom. The summed E-state index contributed by atoms with van der Waals surface area (Å²) in [5.41, 5.74) is 0.608. The van der Waals surface area contributed by atoms with Gasteiger partial charge in [-0.2, -0.15) is 0 Å². The SMILES string of the molecule is O=C1S/C(=C\c2cccc(Cl)c2Cl)C(=O)N1Cc1c(F)cccc1Cl. The van der Waals surface area contributed by atoms with Crippen molar-refractivity contribution in [2.24, 2.45) is 0 Å². The number of carbonyl (C=O) groups is 2. The van der Waals surface area contributed by atoms with Crippen molar-refractivity contribution < 1.29 is 14.0 Å². The summed E-state index contributed by atoms with van der Waals surface area (Å²) < 4.78 is 13.9. The number of benzene rings is 2. The monoisotopic (exact) mass is 415 g/mol. The Morgan fingerprint density at radius 1 is 1.04 bits per heavy atom. The van der Waals surface area contributed by atoms with Crippen LogP contribution in [0, 0.1) is 5.82 Å². The van der Waals surface area contributed by atoms with E-state index in [0.29, 0.717) is 10.6 Å². The molecule has 2 amide bonds. The molecule has 2 aromatic rings. The summed E-state index contributed by atoms with van der Waals surface area (Å²) in [6.07, 6.45) is 1.49. The molecule has 0 N–H and O–H groups in total. The van der Waals surface area contributed by atoms with Gasteiger partial charge >= 0.3 is 0 Å². The molecule has 1 aliphatic rings. The number of carbonyl (C=O) groups excluding carboxylic acids is 2. The van der Waals surface area contributed by atoms with E-state index < -0.39 is 17.0 Å². The number of imide groups is 1. The number of thioether (sulfide) groups is 1. The van der Waals surface area contributed by atoms with E-state index in [1.54, 1.807) is 18.2 Å². The number of rotatable bonds is 3. The third-order valence-corrected chi connectivity index (χ3v) is 5.61. The van der Waals surface area contributed by atoms with Crippen LogP contribution in [0.2, 0.25) is 15.1 Å². The molecule has 0 aromatic heterocycles. The van der Waals surface area contributed by atoms with Gasteiger partial charge in [0.25, 0.3) is 11.1 Å². The lowest BCUT2D eigenvalue weighted by atomic mass is 10.2. The molecular weight excluding hydrogens is 408 g/mol. The second-order valence-corrected chi connectivity index (χ2v) is 7.30. The van der Waals surface area contributed by atoms with Crippen LogP contribution in [0.25, 0.3) is 6.08 Å². The summed E-state index contributed by atoms with van der Waals surface area (Å²) in [7, 11) is 0. The molecule has 2 aromatic carbocycles. The highest BCUT2D eigenvalue weighted by Crippen LogP contribution is 2.36. The molecule has 3 rings (SSSR count). The standard InChI is InChI=1S/C17H9Cl3FNO2S/c18-11-4-2-6-13(21)10(11)8-22-16(23)14(25-17(22)24)7-9-3-1-5-12(19)15(9)20/h1-7H,8H2/b14-7-. The number of hydrogen-bond acceptors (Lipinski definition) is 3. The Kier molecular flexibility index (Phi) is 5.39. The van der Waals surface area contributed by atoms with Gasteiger partial charge < -0.3 is 0 Å². The molecule has 0 saturated carbocycles. The molecule has 1 aliphatic heterocycles. The van der Waals surface area contributed by atoms with Crippen molar-refractivity contribution >= 4 is 63.8 Å². The normalized spacial score (nSPS) is 16.2. The number of hydrogen-bond donors (Lipinski definition) is 0. The van der Waals surface area contributed by atoms with Crippen LogP contribution in [0.4, 0.5) is 9.18 Å². The van der Waals surface area contributed by atoms with Crippen LogP contribution in [0.3, 0.4) is 0 Å².